The van der Waals surface area contributed by atoms with Crippen LogP contribution in [0, 0.1) is 0 Å². The van der Waals surface area contributed by atoms with E-state index in [1.54, 1.807) is 0 Å². The van der Waals surface area contributed by atoms with Crippen molar-refractivity contribution in [2.45, 2.75) is 45.6 Å². The Hall–Kier alpha value is -0.610. The van der Waals surface area contributed by atoms with E-state index in [0.717, 1.165) is 32.4 Å². The molecule has 0 atom stereocenters. The number of hydrogen-bond acceptors (Lipinski definition) is 3. The normalized spacial score (nSPS) is 11.9. The van der Waals surface area contributed by atoms with Crippen LogP contribution in [0.2, 0.25) is 0 Å². The summed E-state index contributed by atoms with van der Waals surface area (Å²) >= 11 is 0. The van der Waals surface area contributed by atoms with Crippen LogP contribution in [0.4, 0.5) is 0 Å². The third-order valence-corrected chi connectivity index (χ3v) is 2.17. The first-order chi connectivity index (χ1) is 7.35. The number of carbonyl (C=O) groups excluding carboxylic acids is 1. The van der Waals surface area contributed by atoms with Crippen LogP contribution in [0.3, 0.4) is 0 Å². The maximum absolute atomic E-state index is 11.6. The van der Waals surface area contributed by atoms with Gasteiger partial charge in [0, 0.05) is 5.54 Å². The molecule has 0 spiro atoms. The fourth-order valence-corrected chi connectivity index (χ4v) is 1.48. The zero-order valence-corrected chi connectivity index (χ0v) is 11.2. The summed E-state index contributed by atoms with van der Waals surface area (Å²) in [6.07, 6.45) is 3.32. The minimum Gasteiger partial charge on any atom is -0.350 e. The lowest BCUT2D eigenvalue weighted by molar-refractivity contribution is -0.123. The lowest BCUT2D eigenvalue weighted by atomic mass is 10.1. The molecule has 16 heavy (non-hydrogen) atoms. The average molecular weight is 229 g/mol. The first kappa shape index (κ1) is 15.4. The van der Waals surface area contributed by atoms with Crippen LogP contribution >= 0.6 is 0 Å². The van der Waals surface area contributed by atoms with Crippen LogP contribution in [0.25, 0.3) is 0 Å². The van der Waals surface area contributed by atoms with Crippen LogP contribution in [0.5, 0.6) is 0 Å². The van der Waals surface area contributed by atoms with Crippen molar-refractivity contribution in [1.82, 2.24) is 10.2 Å². The topological polar surface area (TPSA) is 58.4 Å². The maximum Gasteiger partial charge on any atom is 0.234 e. The molecule has 0 aromatic rings. The number of rotatable bonds is 7. The van der Waals surface area contributed by atoms with E-state index in [0.29, 0.717) is 6.54 Å². The van der Waals surface area contributed by atoms with Crippen molar-refractivity contribution in [3.8, 4) is 0 Å². The van der Waals surface area contributed by atoms with Gasteiger partial charge in [0.1, 0.15) is 0 Å². The molecule has 0 aliphatic rings. The van der Waals surface area contributed by atoms with Crippen LogP contribution in [-0.2, 0) is 4.79 Å². The SMILES string of the molecule is CN(CCCCCN)CC(=O)NC(C)(C)C. The molecule has 0 aromatic carbocycles. The zero-order valence-electron chi connectivity index (χ0n) is 11.2. The minimum atomic E-state index is -0.141. The Morgan fingerprint density at radius 2 is 1.88 bits per heavy atom. The van der Waals surface area contributed by atoms with Crippen LogP contribution in [0.1, 0.15) is 40.0 Å². The van der Waals surface area contributed by atoms with Gasteiger partial charge in [-0.15, -0.1) is 0 Å². The maximum atomic E-state index is 11.6. The number of nitrogens with zero attached hydrogens (tertiary/aromatic N) is 1. The second-order valence-electron chi connectivity index (χ2n) is 5.39. The molecule has 0 bridgehead atoms. The number of amides is 1. The van der Waals surface area contributed by atoms with Crippen molar-refractivity contribution < 1.29 is 4.79 Å². The van der Waals surface area contributed by atoms with Gasteiger partial charge in [0.05, 0.1) is 6.54 Å². The monoisotopic (exact) mass is 229 g/mol. The number of unbranched alkanes of at least 4 members (excludes halogenated alkanes) is 2. The largest absolute Gasteiger partial charge is 0.350 e. The molecule has 0 rings (SSSR count). The van der Waals surface area contributed by atoms with E-state index < -0.39 is 0 Å². The van der Waals surface area contributed by atoms with Crippen LogP contribution in [0.15, 0.2) is 0 Å². The molecule has 4 heteroatoms. The van der Waals surface area contributed by atoms with Gasteiger partial charge in [-0.2, -0.15) is 0 Å². The van der Waals surface area contributed by atoms with E-state index in [9.17, 15) is 4.79 Å². The van der Waals surface area contributed by atoms with Gasteiger partial charge in [-0.05, 0) is 53.8 Å². The predicted octanol–water partition coefficient (Wildman–Crippen LogP) is 0.962. The Morgan fingerprint density at radius 3 is 2.38 bits per heavy atom. The number of hydrogen-bond donors (Lipinski definition) is 2. The predicted molar refractivity (Wildman–Crippen MR) is 68.3 cm³/mol. The smallest absolute Gasteiger partial charge is 0.234 e. The lowest BCUT2D eigenvalue weighted by Gasteiger charge is -2.23. The fraction of sp³-hybridized carbons (Fsp3) is 0.917. The number of carbonyl (C=O) groups is 1. The van der Waals surface area contributed by atoms with Gasteiger partial charge >= 0.3 is 0 Å². The second kappa shape index (κ2) is 7.63. The quantitative estimate of drug-likeness (QED) is 0.639. The van der Waals surface area contributed by atoms with E-state index in [2.05, 4.69) is 10.2 Å². The van der Waals surface area contributed by atoms with E-state index >= 15 is 0 Å². The van der Waals surface area contributed by atoms with Gasteiger partial charge in [0.2, 0.25) is 5.91 Å². The molecule has 0 fully saturated rings. The van der Waals surface area contributed by atoms with E-state index in [-0.39, 0.29) is 11.4 Å². The molecule has 0 heterocycles. The summed E-state index contributed by atoms with van der Waals surface area (Å²) in [5.74, 6) is 0.0915. The van der Waals surface area contributed by atoms with Gasteiger partial charge in [0.25, 0.3) is 0 Å². The Morgan fingerprint density at radius 1 is 1.25 bits per heavy atom. The van der Waals surface area contributed by atoms with Crippen LogP contribution < -0.4 is 11.1 Å². The number of nitrogens with two attached hydrogens (primary N) is 1. The van der Waals surface area contributed by atoms with Crippen molar-refractivity contribution in [2.24, 2.45) is 5.73 Å². The van der Waals surface area contributed by atoms with Crippen molar-refractivity contribution >= 4 is 5.91 Å². The molecule has 1 amide bonds. The van der Waals surface area contributed by atoms with Gasteiger partial charge in [0.15, 0.2) is 0 Å². The lowest BCUT2D eigenvalue weighted by Crippen LogP contribution is -2.45. The molecular weight excluding hydrogens is 202 g/mol. The van der Waals surface area contributed by atoms with Gasteiger partial charge in [-0.1, -0.05) is 6.42 Å². The number of nitrogens with one attached hydrogen (secondary N) is 1. The highest BCUT2D eigenvalue weighted by molar-refractivity contribution is 5.78. The van der Waals surface area contributed by atoms with Crippen LogP contribution in [-0.4, -0.2) is 43.0 Å². The third-order valence-electron chi connectivity index (χ3n) is 2.17. The first-order valence-corrected chi connectivity index (χ1v) is 6.05. The average Bonchev–Trinajstić information content (AvgIpc) is 2.09. The molecule has 0 aromatic heterocycles. The molecule has 4 nitrogen and oxygen atoms in total. The Bertz CT molecular complexity index is 199. The fourth-order valence-electron chi connectivity index (χ4n) is 1.48. The molecule has 0 aliphatic heterocycles. The van der Waals surface area contributed by atoms with E-state index in [1.165, 1.54) is 0 Å². The molecular formula is C12H27N3O. The number of likely N-dealkylation sites (N-methyl/N-ethyl adjacent to an activating group) is 1. The zero-order chi connectivity index (χ0) is 12.6. The summed E-state index contributed by atoms with van der Waals surface area (Å²) in [6.45, 7) is 8.16. The summed E-state index contributed by atoms with van der Waals surface area (Å²) in [4.78, 5) is 13.6. The van der Waals surface area contributed by atoms with Crippen molar-refractivity contribution in [3.05, 3.63) is 0 Å². The molecule has 0 radical (unpaired) electrons. The summed E-state index contributed by atoms with van der Waals surface area (Å²) in [5.41, 5.74) is 5.28. The summed E-state index contributed by atoms with van der Waals surface area (Å²) in [6, 6.07) is 0. The van der Waals surface area contributed by atoms with Gasteiger partial charge < -0.3 is 11.1 Å². The van der Waals surface area contributed by atoms with E-state index in [4.69, 9.17) is 5.73 Å². The summed E-state index contributed by atoms with van der Waals surface area (Å²) in [5, 5.41) is 2.95. The Kier molecular flexibility index (Phi) is 7.34. The molecule has 3 N–H and O–H groups in total. The highest BCUT2D eigenvalue weighted by Gasteiger charge is 2.14. The first-order valence-electron chi connectivity index (χ1n) is 6.05. The minimum absolute atomic E-state index is 0.0915. The molecule has 0 aliphatic carbocycles. The molecule has 0 saturated carbocycles. The molecule has 0 unspecified atom stereocenters. The molecule has 0 saturated heterocycles. The van der Waals surface area contributed by atoms with Gasteiger partial charge in [-0.3, -0.25) is 9.69 Å². The van der Waals surface area contributed by atoms with Crippen molar-refractivity contribution in [3.63, 3.8) is 0 Å². The summed E-state index contributed by atoms with van der Waals surface area (Å²) in [7, 11) is 1.98. The van der Waals surface area contributed by atoms with Gasteiger partial charge in [-0.25, -0.2) is 0 Å². The molecule has 96 valence electrons. The van der Waals surface area contributed by atoms with Crippen molar-refractivity contribution in [2.75, 3.05) is 26.7 Å². The highest BCUT2D eigenvalue weighted by atomic mass is 16.2. The third kappa shape index (κ3) is 9.93. The standard InChI is InChI=1S/C12H27N3O/c1-12(2,3)14-11(16)10-15(4)9-7-5-6-8-13/h5-10,13H2,1-4H3,(H,14,16). The summed E-state index contributed by atoms with van der Waals surface area (Å²) < 4.78 is 0. The Labute approximate surface area is 99.6 Å². The Balaban J connectivity index is 3.62. The van der Waals surface area contributed by atoms with E-state index in [1.807, 2.05) is 27.8 Å². The second-order valence-corrected chi connectivity index (χ2v) is 5.39. The van der Waals surface area contributed by atoms with Crippen molar-refractivity contribution in [1.29, 1.82) is 0 Å². The highest BCUT2D eigenvalue weighted by Crippen LogP contribution is 1.99.